The predicted octanol–water partition coefficient (Wildman–Crippen LogP) is 2.19. The van der Waals surface area contributed by atoms with Crippen LogP contribution in [-0.4, -0.2) is 75.3 Å². The number of nitrogens with zero attached hydrogens (tertiary/aromatic N) is 3. The van der Waals surface area contributed by atoms with E-state index in [-0.39, 0.29) is 6.61 Å². The zero-order valence-corrected chi connectivity index (χ0v) is 23.5. The van der Waals surface area contributed by atoms with E-state index in [1.807, 2.05) is 30.3 Å². The fraction of sp³-hybridized carbons (Fsp3) is 0.478. The van der Waals surface area contributed by atoms with Crippen LogP contribution < -0.4 is 0 Å². The van der Waals surface area contributed by atoms with E-state index in [0.29, 0.717) is 11.4 Å². The first kappa shape index (κ1) is 28.8. The van der Waals surface area contributed by atoms with Crippen LogP contribution in [0.15, 0.2) is 30.3 Å². The van der Waals surface area contributed by atoms with Gasteiger partial charge in [-0.25, -0.2) is 4.68 Å². The van der Waals surface area contributed by atoms with Gasteiger partial charge in [0.25, 0.3) is 0 Å². The molecule has 1 aliphatic rings. The third-order valence-electron chi connectivity index (χ3n) is 5.01. The fourth-order valence-corrected chi connectivity index (χ4v) is 5.68. The van der Waals surface area contributed by atoms with Crippen LogP contribution in [0.4, 0.5) is 0 Å². The van der Waals surface area contributed by atoms with Gasteiger partial charge in [0, 0.05) is 33.4 Å². The second-order valence-corrected chi connectivity index (χ2v) is 10.1. The van der Waals surface area contributed by atoms with Crippen LogP contribution in [-0.2, 0) is 48.6 Å². The highest BCUT2D eigenvalue weighted by atomic mass is 127. The monoisotopic (exact) mass is 647 g/mol. The Morgan fingerprint density at radius 1 is 0.919 bits per heavy atom. The van der Waals surface area contributed by atoms with Gasteiger partial charge in [0.2, 0.25) is 0 Å². The van der Waals surface area contributed by atoms with Crippen molar-refractivity contribution >= 4 is 58.2 Å². The SMILES string of the molecule is CC(=O)OC[C@@H]1OC(SCc2nnn(-c3ccccc3)c2I)[C@@H](OC(C)=O)[C@H](OC(C)=O)[C@@H]1OC(C)=O. The van der Waals surface area contributed by atoms with Crippen LogP contribution in [0.1, 0.15) is 33.4 Å². The highest BCUT2D eigenvalue weighted by Crippen LogP contribution is 2.36. The van der Waals surface area contributed by atoms with E-state index in [9.17, 15) is 19.2 Å². The molecule has 0 N–H and O–H groups in total. The molecule has 37 heavy (non-hydrogen) atoms. The number of para-hydroxylation sites is 1. The molecule has 1 saturated heterocycles. The Kier molecular flexibility index (Phi) is 10.3. The molecule has 0 amide bonds. The van der Waals surface area contributed by atoms with Crippen LogP contribution in [0.5, 0.6) is 0 Å². The van der Waals surface area contributed by atoms with Gasteiger partial charge in [-0.2, -0.15) is 0 Å². The maximum atomic E-state index is 12.0. The number of halogens is 1. The molecule has 1 aromatic heterocycles. The van der Waals surface area contributed by atoms with Crippen LogP contribution in [0.2, 0.25) is 0 Å². The first-order chi connectivity index (χ1) is 17.6. The smallest absolute Gasteiger partial charge is 0.303 e. The summed E-state index contributed by atoms with van der Waals surface area (Å²) in [6, 6.07) is 9.47. The highest BCUT2D eigenvalue weighted by molar-refractivity contribution is 14.1. The summed E-state index contributed by atoms with van der Waals surface area (Å²) >= 11 is 3.36. The van der Waals surface area contributed by atoms with E-state index < -0.39 is 53.7 Å². The van der Waals surface area contributed by atoms with Gasteiger partial charge in [-0.1, -0.05) is 23.4 Å². The maximum absolute atomic E-state index is 12.0. The van der Waals surface area contributed by atoms with Crippen molar-refractivity contribution < 1.29 is 42.9 Å². The van der Waals surface area contributed by atoms with Crippen molar-refractivity contribution in [2.24, 2.45) is 0 Å². The Morgan fingerprint density at radius 3 is 2.11 bits per heavy atom. The van der Waals surface area contributed by atoms with Gasteiger partial charge < -0.3 is 23.7 Å². The van der Waals surface area contributed by atoms with Crippen LogP contribution in [0.25, 0.3) is 5.69 Å². The Morgan fingerprint density at radius 2 is 1.51 bits per heavy atom. The molecule has 12 nitrogen and oxygen atoms in total. The molecule has 2 aromatic rings. The van der Waals surface area contributed by atoms with Crippen molar-refractivity contribution in [1.82, 2.24) is 15.0 Å². The van der Waals surface area contributed by atoms with Crippen molar-refractivity contribution in [2.45, 2.75) is 63.3 Å². The average molecular weight is 647 g/mol. The van der Waals surface area contributed by atoms with Gasteiger partial charge in [0.15, 0.2) is 18.3 Å². The van der Waals surface area contributed by atoms with Crippen molar-refractivity contribution in [2.75, 3.05) is 6.61 Å². The zero-order valence-electron chi connectivity index (χ0n) is 20.5. The van der Waals surface area contributed by atoms with Gasteiger partial charge in [0.05, 0.1) is 5.69 Å². The highest BCUT2D eigenvalue weighted by Gasteiger charge is 2.52. The number of carbonyl (C=O) groups excluding carboxylic acids is 4. The number of ether oxygens (including phenoxy) is 5. The summed E-state index contributed by atoms with van der Waals surface area (Å²) < 4.78 is 30.0. The fourth-order valence-electron chi connectivity index (χ4n) is 3.61. The Balaban J connectivity index is 1.89. The molecule has 1 aliphatic heterocycles. The molecule has 0 aliphatic carbocycles. The van der Waals surface area contributed by atoms with Crippen molar-refractivity contribution in [3.05, 3.63) is 39.7 Å². The molecular formula is C23H26IN3O9S. The lowest BCUT2D eigenvalue weighted by atomic mass is 9.99. The molecule has 200 valence electrons. The maximum Gasteiger partial charge on any atom is 0.303 e. The van der Waals surface area contributed by atoms with Gasteiger partial charge >= 0.3 is 23.9 Å². The predicted molar refractivity (Wildman–Crippen MR) is 137 cm³/mol. The lowest BCUT2D eigenvalue weighted by Crippen LogP contribution is -2.61. The number of carbonyl (C=O) groups is 4. The summed E-state index contributed by atoms with van der Waals surface area (Å²) in [4.78, 5) is 47.2. The normalized spacial score (nSPS) is 23.1. The molecule has 0 spiro atoms. The summed E-state index contributed by atoms with van der Waals surface area (Å²) in [5, 5.41) is 8.48. The number of hydrogen-bond acceptors (Lipinski definition) is 12. The molecular weight excluding hydrogens is 621 g/mol. The number of aromatic nitrogens is 3. The van der Waals surface area contributed by atoms with E-state index in [0.717, 1.165) is 9.39 Å². The minimum atomic E-state index is -1.21. The van der Waals surface area contributed by atoms with Crippen molar-refractivity contribution in [1.29, 1.82) is 0 Å². The summed E-state index contributed by atoms with van der Waals surface area (Å²) in [5.41, 5.74) is 0.587. The molecule has 1 unspecified atom stereocenters. The first-order valence-corrected chi connectivity index (χ1v) is 13.3. The molecule has 0 radical (unpaired) electrons. The molecule has 0 saturated carbocycles. The summed E-state index contributed by atoms with van der Waals surface area (Å²) in [5.74, 6) is -2.30. The van der Waals surface area contributed by atoms with Gasteiger partial charge in [-0.15, -0.1) is 16.9 Å². The van der Waals surface area contributed by atoms with E-state index in [4.69, 9.17) is 23.7 Å². The number of esters is 4. The third-order valence-corrected chi connectivity index (χ3v) is 7.24. The van der Waals surface area contributed by atoms with Crippen LogP contribution in [0.3, 0.4) is 0 Å². The summed E-state index contributed by atoms with van der Waals surface area (Å²) in [7, 11) is 0. The molecule has 1 aromatic carbocycles. The Hall–Kier alpha value is -2.72. The second kappa shape index (κ2) is 13.2. The van der Waals surface area contributed by atoms with E-state index in [2.05, 4.69) is 32.9 Å². The van der Waals surface area contributed by atoms with Gasteiger partial charge in [-0.05, 0) is 34.7 Å². The largest absolute Gasteiger partial charge is 0.463 e. The minimum Gasteiger partial charge on any atom is -0.463 e. The molecule has 0 bridgehead atoms. The second-order valence-electron chi connectivity index (χ2n) is 7.95. The van der Waals surface area contributed by atoms with Crippen LogP contribution in [0, 0.1) is 3.70 Å². The number of thioether (sulfide) groups is 1. The van der Waals surface area contributed by atoms with E-state index in [1.54, 1.807) is 4.68 Å². The minimum absolute atomic E-state index is 0.281. The van der Waals surface area contributed by atoms with Crippen molar-refractivity contribution in [3.63, 3.8) is 0 Å². The summed E-state index contributed by atoms with van der Waals surface area (Å²) in [6.45, 7) is 4.49. The Bertz CT molecular complexity index is 1130. The third kappa shape index (κ3) is 7.88. The number of hydrogen-bond donors (Lipinski definition) is 0. The Labute approximate surface area is 230 Å². The molecule has 14 heteroatoms. The quantitative estimate of drug-likeness (QED) is 0.224. The first-order valence-electron chi connectivity index (χ1n) is 11.1. The summed E-state index contributed by atoms with van der Waals surface area (Å²) in [6.07, 6.45) is -4.54. The van der Waals surface area contributed by atoms with E-state index in [1.165, 1.54) is 39.5 Å². The zero-order chi connectivity index (χ0) is 27.1. The number of benzene rings is 1. The van der Waals surface area contributed by atoms with Crippen molar-refractivity contribution in [3.8, 4) is 5.69 Å². The lowest BCUT2D eigenvalue weighted by molar-refractivity contribution is -0.237. The topological polar surface area (TPSA) is 145 Å². The van der Waals surface area contributed by atoms with Gasteiger partial charge in [-0.3, -0.25) is 19.2 Å². The average Bonchev–Trinajstić information content (AvgIpc) is 3.19. The molecule has 5 atom stereocenters. The standard InChI is InChI=1S/C23H26IN3O9S/c1-12(28)32-10-18-19(33-13(2)29)20(34-14(3)30)21(35-15(4)31)23(36-18)37-11-17-22(24)27(26-25-17)16-8-6-5-7-9-16/h5-9,18-21,23H,10-11H2,1-4H3/t18-,19+,20+,21-,23?/m0/s1. The lowest BCUT2D eigenvalue weighted by Gasteiger charge is -2.44. The molecule has 2 heterocycles. The molecule has 1 fully saturated rings. The number of rotatable bonds is 9. The molecule has 3 rings (SSSR count). The van der Waals surface area contributed by atoms with E-state index >= 15 is 0 Å². The van der Waals surface area contributed by atoms with Crippen LogP contribution >= 0.6 is 34.4 Å². The van der Waals surface area contributed by atoms with Gasteiger partial charge in [0.1, 0.15) is 27.5 Å².